The summed E-state index contributed by atoms with van der Waals surface area (Å²) in [6, 6.07) is 22.7. The average Bonchev–Trinajstić information content (AvgIpc) is 3.29. The number of Topliss-reactive ketones (excluding diaryl/α,β-unsaturated/α-hetero) is 1. The summed E-state index contributed by atoms with van der Waals surface area (Å²) in [5.41, 5.74) is 2.68. The first kappa shape index (κ1) is 27.8. The van der Waals surface area contributed by atoms with E-state index in [4.69, 9.17) is 18.9 Å². The van der Waals surface area contributed by atoms with Gasteiger partial charge in [-0.2, -0.15) is 0 Å². The predicted octanol–water partition coefficient (Wildman–Crippen LogP) is 5.45. The molecular weight excluding hydrogens is 548 g/mol. The largest absolute Gasteiger partial charge is 0.507 e. The van der Waals surface area contributed by atoms with Gasteiger partial charge in [0.15, 0.2) is 23.0 Å². The van der Waals surface area contributed by atoms with Crippen LogP contribution < -0.4 is 18.9 Å². The van der Waals surface area contributed by atoms with Crippen molar-refractivity contribution >= 4 is 17.4 Å². The number of aliphatic hydroxyl groups is 1. The minimum absolute atomic E-state index is 0.0314. The maximum atomic E-state index is 13.6. The molecule has 9 nitrogen and oxygen atoms in total. The minimum Gasteiger partial charge on any atom is -0.507 e. The first-order chi connectivity index (χ1) is 21.0. The fourth-order valence-electron chi connectivity index (χ4n) is 5.24. The number of aliphatic hydroxyl groups excluding tert-OH is 1. The highest BCUT2D eigenvalue weighted by molar-refractivity contribution is 6.46. The second-order valence-corrected chi connectivity index (χ2v) is 10.1. The van der Waals surface area contributed by atoms with E-state index < -0.39 is 17.7 Å². The molecule has 1 N–H and O–H groups in total. The van der Waals surface area contributed by atoms with E-state index in [0.717, 1.165) is 11.1 Å². The summed E-state index contributed by atoms with van der Waals surface area (Å²) in [5, 5.41) is 11.6. The number of aromatic nitrogens is 1. The molecule has 2 aliphatic rings. The maximum Gasteiger partial charge on any atom is 0.295 e. The van der Waals surface area contributed by atoms with Crippen molar-refractivity contribution in [2.24, 2.45) is 0 Å². The number of fused-ring (bicyclic) bond motifs is 1. The zero-order valence-electron chi connectivity index (χ0n) is 23.6. The normalized spacial score (nSPS) is 17.1. The highest BCUT2D eigenvalue weighted by Crippen LogP contribution is 2.44. The van der Waals surface area contributed by atoms with Gasteiger partial charge in [0.2, 0.25) is 0 Å². The molecule has 9 heteroatoms. The quantitative estimate of drug-likeness (QED) is 0.159. The standard InChI is InChI=1S/C34H30N2O7/c1-2-40-28-18-24(8-10-27(28)43-21-23-6-4-3-5-7-23)31-30(32(37)25-9-11-26-29(19-25)42-17-16-41-26)33(38)34(39)36(31)20-22-12-14-35-15-13-22/h3-15,18-19,31,37H,2,16-17,20-21H2,1H3/b32-30+/t31-/m0/s1. The summed E-state index contributed by atoms with van der Waals surface area (Å²) < 4.78 is 23.3. The Kier molecular flexibility index (Phi) is 7.95. The Morgan fingerprint density at radius 3 is 2.42 bits per heavy atom. The van der Waals surface area contributed by atoms with Crippen LogP contribution in [0.15, 0.2) is 96.8 Å². The number of benzene rings is 3. The molecule has 4 aromatic rings. The monoisotopic (exact) mass is 578 g/mol. The summed E-state index contributed by atoms with van der Waals surface area (Å²) in [6.45, 7) is 3.50. The summed E-state index contributed by atoms with van der Waals surface area (Å²) in [6.07, 6.45) is 3.25. The van der Waals surface area contributed by atoms with Crippen LogP contribution >= 0.6 is 0 Å². The van der Waals surface area contributed by atoms with Crippen LogP contribution in [0.5, 0.6) is 23.0 Å². The van der Waals surface area contributed by atoms with E-state index in [1.165, 1.54) is 4.90 Å². The minimum atomic E-state index is -0.899. The molecule has 43 heavy (non-hydrogen) atoms. The van der Waals surface area contributed by atoms with Crippen molar-refractivity contribution < 1.29 is 33.6 Å². The topological polar surface area (TPSA) is 107 Å². The van der Waals surface area contributed by atoms with Crippen LogP contribution in [0.2, 0.25) is 0 Å². The second-order valence-electron chi connectivity index (χ2n) is 10.1. The average molecular weight is 579 g/mol. The van der Waals surface area contributed by atoms with E-state index in [9.17, 15) is 14.7 Å². The van der Waals surface area contributed by atoms with Gasteiger partial charge in [-0.05, 0) is 66.1 Å². The van der Waals surface area contributed by atoms with Crippen molar-refractivity contribution in [1.29, 1.82) is 0 Å². The van der Waals surface area contributed by atoms with Crippen LogP contribution in [0.25, 0.3) is 5.76 Å². The Morgan fingerprint density at radius 1 is 0.884 bits per heavy atom. The molecule has 0 bridgehead atoms. The number of amides is 1. The van der Waals surface area contributed by atoms with E-state index in [1.54, 1.807) is 60.9 Å². The van der Waals surface area contributed by atoms with E-state index in [2.05, 4.69) is 4.98 Å². The lowest BCUT2D eigenvalue weighted by molar-refractivity contribution is -0.140. The summed E-state index contributed by atoms with van der Waals surface area (Å²) in [4.78, 5) is 32.6. The molecule has 218 valence electrons. The fraction of sp³-hybridized carbons (Fsp3) is 0.206. The smallest absolute Gasteiger partial charge is 0.295 e. The van der Waals surface area contributed by atoms with E-state index in [-0.39, 0.29) is 17.9 Å². The van der Waals surface area contributed by atoms with Gasteiger partial charge in [-0.15, -0.1) is 0 Å². The number of pyridine rings is 1. The first-order valence-electron chi connectivity index (χ1n) is 14.0. The Hall–Kier alpha value is -5.31. The van der Waals surface area contributed by atoms with Crippen LogP contribution in [0, 0.1) is 0 Å². The Balaban J connectivity index is 1.43. The van der Waals surface area contributed by atoms with Crippen molar-refractivity contribution in [3.8, 4) is 23.0 Å². The molecule has 3 heterocycles. The molecule has 0 spiro atoms. The second kappa shape index (κ2) is 12.3. The van der Waals surface area contributed by atoms with Gasteiger partial charge in [0.25, 0.3) is 11.7 Å². The van der Waals surface area contributed by atoms with Crippen molar-refractivity contribution in [2.75, 3.05) is 19.8 Å². The predicted molar refractivity (Wildman–Crippen MR) is 158 cm³/mol. The van der Waals surface area contributed by atoms with Gasteiger partial charge in [0, 0.05) is 24.5 Å². The molecular formula is C34H30N2O7. The number of hydrogen-bond donors (Lipinski definition) is 1. The summed E-state index contributed by atoms with van der Waals surface area (Å²) in [7, 11) is 0. The lowest BCUT2D eigenvalue weighted by atomic mass is 9.94. The molecule has 1 aromatic heterocycles. The van der Waals surface area contributed by atoms with Crippen molar-refractivity contribution in [1.82, 2.24) is 9.88 Å². The molecule has 1 fully saturated rings. The third-order valence-electron chi connectivity index (χ3n) is 7.28. The lowest BCUT2D eigenvalue weighted by Gasteiger charge is -2.26. The highest BCUT2D eigenvalue weighted by atomic mass is 16.6. The van der Waals surface area contributed by atoms with Gasteiger partial charge >= 0.3 is 0 Å². The molecule has 1 saturated heterocycles. The van der Waals surface area contributed by atoms with Crippen LogP contribution in [0.3, 0.4) is 0 Å². The molecule has 1 atom stereocenters. The molecule has 0 saturated carbocycles. The van der Waals surface area contributed by atoms with Crippen molar-refractivity contribution in [3.63, 3.8) is 0 Å². The molecule has 3 aromatic carbocycles. The number of carbonyl (C=O) groups excluding carboxylic acids is 2. The van der Waals surface area contributed by atoms with Gasteiger partial charge in [-0.1, -0.05) is 36.4 Å². The number of nitrogens with zero attached hydrogens (tertiary/aromatic N) is 2. The van der Waals surface area contributed by atoms with Crippen molar-refractivity contribution in [2.45, 2.75) is 26.1 Å². The van der Waals surface area contributed by atoms with Crippen LogP contribution in [0.4, 0.5) is 0 Å². The third-order valence-corrected chi connectivity index (χ3v) is 7.28. The van der Waals surface area contributed by atoms with Gasteiger partial charge in [-0.3, -0.25) is 14.6 Å². The van der Waals surface area contributed by atoms with Crippen molar-refractivity contribution in [3.05, 3.63) is 119 Å². The number of ketones is 1. The van der Waals surface area contributed by atoms with E-state index >= 15 is 0 Å². The Morgan fingerprint density at radius 2 is 1.65 bits per heavy atom. The Labute approximate surface area is 248 Å². The SMILES string of the molecule is CCOc1cc([C@H]2/C(=C(\O)c3ccc4c(c3)OCCO4)C(=O)C(=O)N2Cc2ccncc2)ccc1OCc1ccccc1. The van der Waals surface area contributed by atoms with Gasteiger partial charge in [0.1, 0.15) is 25.6 Å². The molecule has 0 radical (unpaired) electrons. The number of carbonyl (C=O) groups is 2. The maximum absolute atomic E-state index is 13.6. The van der Waals surface area contributed by atoms with Crippen LogP contribution in [-0.2, 0) is 22.7 Å². The molecule has 6 rings (SSSR count). The van der Waals surface area contributed by atoms with Crippen LogP contribution in [-0.4, -0.2) is 46.5 Å². The number of likely N-dealkylation sites (tertiary alicyclic amines) is 1. The van der Waals surface area contributed by atoms with E-state index in [0.29, 0.717) is 60.6 Å². The number of ether oxygens (including phenoxy) is 4. The number of rotatable bonds is 9. The zero-order valence-corrected chi connectivity index (χ0v) is 23.6. The third kappa shape index (κ3) is 5.74. The molecule has 0 aliphatic carbocycles. The summed E-state index contributed by atoms with van der Waals surface area (Å²) in [5.74, 6) is 0.176. The fourth-order valence-corrected chi connectivity index (χ4v) is 5.24. The molecule has 2 aliphatic heterocycles. The highest BCUT2D eigenvalue weighted by Gasteiger charge is 2.46. The van der Waals surface area contributed by atoms with Gasteiger partial charge in [0.05, 0.1) is 18.2 Å². The first-order valence-corrected chi connectivity index (χ1v) is 14.0. The lowest BCUT2D eigenvalue weighted by Crippen LogP contribution is -2.29. The Bertz CT molecular complexity index is 1670. The van der Waals surface area contributed by atoms with Gasteiger partial charge < -0.3 is 29.0 Å². The van der Waals surface area contributed by atoms with E-state index in [1.807, 2.05) is 37.3 Å². The molecule has 1 amide bonds. The molecule has 0 unspecified atom stereocenters. The number of hydrogen-bond acceptors (Lipinski definition) is 8. The van der Waals surface area contributed by atoms with Gasteiger partial charge in [-0.25, -0.2) is 0 Å². The van der Waals surface area contributed by atoms with Crippen LogP contribution in [0.1, 0.15) is 35.2 Å². The summed E-state index contributed by atoms with van der Waals surface area (Å²) >= 11 is 0. The zero-order chi connectivity index (χ0) is 29.8.